The Bertz CT molecular complexity index is 585. The molecule has 0 spiro atoms. The van der Waals surface area contributed by atoms with Crippen LogP contribution in [0.15, 0.2) is 30.7 Å². The molecule has 0 bridgehead atoms. The van der Waals surface area contributed by atoms with Crippen molar-refractivity contribution >= 4 is 5.69 Å². The van der Waals surface area contributed by atoms with Gasteiger partial charge in [0.05, 0.1) is 0 Å². The molecule has 24 heavy (non-hydrogen) atoms. The smallest absolute Gasteiger partial charge is 0.242 e. The second kappa shape index (κ2) is 7.01. The standard InChI is InChI=1S/C19H25FN2O2/c20-18-13-16(1-2-17(18)14-3-7-21-8-4-14)22-9-5-15(6-10-22)19-23-11-12-24-19/h1-2,11-15,19,21H,3-10H2. The number of benzene rings is 1. The Morgan fingerprint density at radius 3 is 2.38 bits per heavy atom. The van der Waals surface area contributed by atoms with Gasteiger partial charge in [-0.1, -0.05) is 6.07 Å². The Labute approximate surface area is 142 Å². The summed E-state index contributed by atoms with van der Waals surface area (Å²) >= 11 is 0. The van der Waals surface area contributed by atoms with Crippen molar-refractivity contribution in [2.24, 2.45) is 5.92 Å². The number of nitrogens with zero attached hydrogens (tertiary/aromatic N) is 1. The summed E-state index contributed by atoms with van der Waals surface area (Å²) < 4.78 is 25.5. The summed E-state index contributed by atoms with van der Waals surface area (Å²) in [6.07, 6.45) is 7.16. The molecule has 0 unspecified atom stereocenters. The van der Waals surface area contributed by atoms with Crippen LogP contribution in [0.25, 0.3) is 0 Å². The fourth-order valence-electron chi connectivity index (χ4n) is 4.08. The molecule has 0 aliphatic carbocycles. The molecule has 0 saturated carbocycles. The van der Waals surface area contributed by atoms with Crippen molar-refractivity contribution in [1.82, 2.24) is 5.32 Å². The lowest BCUT2D eigenvalue weighted by Crippen LogP contribution is -2.38. The lowest BCUT2D eigenvalue weighted by atomic mass is 9.89. The number of ether oxygens (including phenoxy) is 2. The van der Waals surface area contributed by atoms with Crippen molar-refractivity contribution in [3.8, 4) is 0 Å². The van der Waals surface area contributed by atoms with Gasteiger partial charge in [-0.3, -0.25) is 0 Å². The molecule has 4 rings (SSSR count). The third-order valence-electron chi connectivity index (χ3n) is 5.53. The van der Waals surface area contributed by atoms with Crippen LogP contribution in [0.2, 0.25) is 0 Å². The fraction of sp³-hybridized carbons (Fsp3) is 0.579. The highest BCUT2D eigenvalue weighted by Crippen LogP contribution is 2.32. The minimum Gasteiger partial charge on any atom is -0.459 e. The van der Waals surface area contributed by atoms with Crippen LogP contribution >= 0.6 is 0 Å². The van der Waals surface area contributed by atoms with Crippen molar-refractivity contribution in [2.75, 3.05) is 31.1 Å². The number of nitrogens with one attached hydrogen (secondary N) is 1. The van der Waals surface area contributed by atoms with Crippen LogP contribution in [0.4, 0.5) is 10.1 Å². The third-order valence-corrected chi connectivity index (χ3v) is 5.53. The lowest BCUT2D eigenvalue weighted by Gasteiger charge is -2.35. The number of rotatable bonds is 3. The monoisotopic (exact) mass is 332 g/mol. The summed E-state index contributed by atoms with van der Waals surface area (Å²) in [7, 11) is 0. The quantitative estimate of drug-likeness (QED) is 0.920. The molecule has 0 radical (unpaired) electrons. The molecule has 1 aromatic carbocycles. The predicted molar refractivity (Wildman–Crippen MR) is 91.3 cm³/mol. The second-order valence-corrected chi connectivity index (χ2v) is 6.97. The highest BCUT2D eigenvalue weighted by Gasteiger charge is 2.30. The Balaban J connectivity index is 1.39. The Kier molecular flexibility index (Phi) is 4.60. The maximum Gasteiger partial charge on any atom is 0.242 e. The highest BCUT2D eigenvalue weighted by molar-refractivity contribution is 5.49. The van der Waals surface area contributed by atoms with Crippen LogP contribution in [0.1, 0.15) is 37.2 Å². The second-order valence-electron chi connectivity index (χ2n) is 6.97. The lowest BCUT2D eigenvalue weighted by molar-refractivity contribution is -0.0728. The van der Waals surface area contributed by atoms with Crippen LogP contribution in [-0.4, -0.2) is 32.5 Å². The average molecular weight is 332 g/mol. The zero-order valence-corrected chi connectivity index (χ0v) is 13.9. The maximum absolute atomic E-state index is 14.6. The Hall–Kier alpha value is -1.75. The minimum atomic E-state index is -0.133. The van der Waals surface area contributed by atoms with Crippen molar-refractivity contribution in [2.45, 2.75) is 37.9 Å². The summed E-state index contributed by atoms with van der Waals surface area (Å²) in [6, 6.07) is 5.81. The van der Waals surface area contributed by atoms with E-state index >= 15 is 0 Å². The molecule has 5 heteroatoms. The van der Waals surface area contributed by atoms with Crippen molar-refractivity contribution < 1.29 is 13.9 Å². The van der Waals surface area contributed by atoms with E-state index in [2.05, 4.69) is 16.3 Å². The van der Waals surface area contributed by atoms with Gasteiger partial charge in [0, 0.05) is 24.7 Å². The first-order valence-electron chi connectivity index (χ1n) is 9.02. The number of hydrogen-bond donors (Lipinski definition) is 1. The molecule has 0 amide bonds. The van der Waals surface area contributed by atoms with Gasteiger partial charge in [-0.2, -0.15) is 0 Å². The van der Waals surface area contributed by atoms with Crippen molar-refractivity contribution in [3.63, 3.8) is 0 Å². The van der Waals surface area contributed by atoms with Crippen LogP contribution in [0.3, 0.4) is 0 Å². The van der Waals surface area contributed by atoms with Gasteiger partial charge in [-0.15, -0.1) is 0 Å². The summed E-state index contributed by atoms with van der Waals surface area (Å²) in [5.41, 5.74) is 1.88. The molecule has 4 nitrogen and oxygen atoms in total. The first kappa shape index (κ1) is 15.8. The van der Waals surface area contributed by atoms with Crippen molar-refractivity contribution in [3.05, 3.63) is 42.1 Å². The average Bonchev–Trinajstić information content (AvgIpc) is 3.17. The van der Waals surface area contributed by atoms with E-state index in [1.54, 1.807) is 18.6 Å². The normalized spacial score (nSPS) is 23.3. The molecular weight excluding hydrogens is 307 g/mol. The number of anilines is 1. The molecule has 3 heterocycles. The molecule has 0 aromatic heterocycles. The SMILES string of the molecule is Fc1cc(N2CCC(C3OC=CO3)CC2)ccc1C1CCNCC1. The highest BCUT2D eigenvalue weighted by atomic mass is 19.1. The molecule has 3 aliphatic heterocycles. The van der Waals surface area contributed by atoms with Gasteiger partial charge in [0.25, 0.3) is 0 Å². The van der Waals surface area contributed by atoms with E-state index in [4.69, 9.17) is 9.47 Å². The van der Waals surface area contributed by atoms with E-state index in [1.165, 1.54) is 0 Å². The first-order chi connectivity index (χ1) is 11.8. The third kappa shape index (κ3) is 3.22. The molecule has 1 N–H and O–H groups in total. The first-order valence-corrected chi connectivity index (χ1v) is 9.02. The molecule has 2 fully saturated rings. The number of piperidine rings is 2. The van der Waals surface area contributed by atoms with Gasteiger partial charge in [0.15, 0.2) is 0 Å². The van der Waals surface area contributed by atoms with E-state index in [0.717, 1.165) is 63.1 Å². The summed E-state index contributed by atoms with van der Waals surface area (Å²) in [6.45, 7) is 3.80. The van der Waals surface area contributed by atoms with Crippen molar-refractivity contribution in [1.29, 1.82) is 0 Å². The van der Waals surface area contributed by atoms with Gasteiger partial charge in [0.2, 0.25) is 6.29 Å². The van der Waals surface area contributed by atoms with Crippen LogP contribution < -0.4 is 10.2 Å². The molecule has 1 aromatic rings. The molecular formula is C19H25FN2O2. The summed E-state index contributed by atoms with van der Waals surface area (Å²) in [4.78, 5) is 2.27. The fourth-order valence-corrected chi connectivity index (χ4v) is 4.08. The Morgan fingerprint density at radius 1 is 1.00 bits per heavy atom. The molecule has 2 saturated heterocycles. The van der Waals surface area contributed by atoms with Gasteiger partial charge < -0.3 is 19.7 Å². The summed E-state index contributed by atoms with van der Waals surface area (Å²) in [5.74, 6) is 0.721. The van der Waals surface area contributed by atoms with Gasteiger partial charge >= 0.3 is 0 Å². The zero-order chi connectivity index (χ0) is 16.4. The topological polar surface area (TPSA) is 33.7 Å². The van der Waals surface area contributed by atoms with E-state index in [-0.39, 0.29) is 12.1 Å². The van der Waals surface area contributed by atoms with Gasteiger partial charge in [-0.25, -0.2) is 4.39 Å². The minimum absolute atomic E-state index is 0.0480. The number of hydrogen-bond acceptors (Lipinski definition) is 4. The maximum atomic E-state index is 14.6. The van der Waals surface area contributed by atoms with Gasteiger partial charge in [-0.05, 0) is 62.4 Å². The van der Waals surface area contributed by atoms with E-state index < -0.39 is 0 Å². The zero-order valence-electron chi connectivity index (χ0n) is 13.9. The van der Waals surface area contributed by atoms with E-state index in [9.17, 15) is 4.39 Å². The number of halogens is 1. The van der Waals surface area contributed by atoms with E-state index in [0.29, 0.717) is 11.8 Å². The van der Waals surface area contributed by atoms with E-state index in [1.807, 2.05) is 6.07 Å². The van der Waals surface area contributed by atoms with Crippen LogP contribution in [-0.2, 0) is 9.47 Å². The Morgan fingerprint density at radius 2 is 1.71 bits per heavy atom. The van der Waals surface area contributed by atoms with Crippen LogP contribution in [0, 0.1) is 11.7 Å². The summed E-state index contributed by atoms with van der Waals surface area (Å²) in [5, 5.41) is 3.34. The van der Waals surface area contributed by atoms with Crippen LogP contribution in [0.5, 0.6) is 0 Å². The molecule has 130 valence electrons. The predicted octanol–water partition coefficient (Wildman–Crippen LogP) is 3.35. The van der Waals surface area contributed by atoms with Gasteiger partial charge in [0.1, 0.15) is 18.3 Å². The molecule has 0 atom stereocenters. The largest absolute Gasteiger partial charge is 0.459 e. The molecule has 3 aliphatic rings.